The number of hydrogen-bond acceptors (Lipinski definition) is 6. The monoisotopic (exact) mass is 1160 g/mol. The van der Waals surface area contributed by atoms with Crippen LogP contribution in [0.3, 0.4) is 0 Å². The predicted molar refractivity (Wildman–Crippen MR) is 219 cm³/mol. The summed E-state index contributed by atoms with van der Waals surface area (Å²) in [7, 11) is 0. The third kappa shape index (κ3) is 10.3. The standard InChI is InChI=1S/C41H67I4N3O3/c1-28(2)36(49)17-14-29(3)33-15-16-34-38-35(19-21-41(33,34)5)40(4)20-18-32(48(45-43)25-11-24-47(44-42)23-10-9-22-46)26-31(40)27-37(38)51-39(50)30-12-7-6-8-13-30/h6-8,12-13,28-29,31-38,49H,9-11,14-27,46H2,1-5H3/q-2/t29-,31?,32-,33+,34?,35?,36-,37-,38?,40-,41+/m0/s1. The Hall–Kier alpha value is 1.45. The second-order valence-corrected chi connectivity index (χ2v) is 25.8. The van der Waals surface area contributed by atoms with Crippen LogP contribution in [0.2, 0.25) is 0 Å². The van der Waals surface area contributed by atoms with Gasteiger partial charge in [0.05, 0.1) is 6.10 Å². The topological polar surface area (TPSA) is 79.0 Å². The molecule has 1 aromatic rings. The van der Waals surface area contributed by atoms with E-state index in [1.54, 1.807) is 0 Å². The number of aliphatic hydroxyl groups is 1. The number of aliphatic hydroxyl groups excluding tert-OH is 1. The Balaban J connectivity index is 1.32. The van der Waals surface area contributed by atoms with Crippen LogP contribution in [0.5, 0.6) is 0 Å². The van der Waals surface area contributed by atoms with Gasteiger partial charge < -0.3 is 5.11 Å². The summed E-state index contributed by atoms with van der Waals surface area (Å²) in [5, 5.41) is 10.6. The van der Waals surface area contributed by atoms with Gasteiger partial charge in [0.25, 0.3) is 0 Å². The average Bonchev–Trinajstić information content (AvgIpc) is 3.49. The number of ether oxygens (including phenoxy) is 1. The van der Waals surface area contributed by atoms with Crippen molar-refractivity contribution in [3.63, 3.8) is 0 Å². The van der Waals surface area contributed by atoms with Crippen LogP contribution in [0.4, 0.5) is 0 Å². The minimum absolute atomic E-state index is 0.00150. The zero-order valence-electron chi connectivity index (χ0n) is 31.9. The molecule has 4 fully saturated rings. The Morgan fingerprint density at radius 1 is 0.922 bits per heavy atom. The fourth-order valence-electron chi connectivity index (χ4n) is 11.5. The summed E-state index contributed by atoms with van der Waals surface area (Å²) in [6, 6.07) is 10.4. The normalized spacial score (nSPS) is 34.8. The van der Waals surface area contributed by atoms with Gasteiger partial charge in [0.15, 0.2) is 0 Å². The Morgan fingerprint density at radius 2 is 1.63 bits per heavy atom. The Bertz CT molecular complexity index is 1230. The molecule has 10 heteroatoms. The van der Waals surface area contributed by atoms with Crippen molar-refractivity contribution in [2.45, 2.75) is 136 Å². The molecule has 1 aromatic carbocycles. The van der Waals surface area contributed by atoms with Crippen LogP contribution in [0.25, 0.3) is 0 Å². The predicted octanol–water partition coefficient (Wildman–Crippen LogP) is 3.72. The van der Waals surface area contributed by atoms with Gasteiger partial charge in [-0.05, 0) is 12.3 Å². The second kappa shape index (κ2) is 20.2. The Labute approximate surface area is 351 Å². The third-order valence-electron chi connectivity index (χ3n) is 14.5. The number of rotatable bonds is 18. The molecule has 51 heavy (non-hydrogen) atoms. The number of esters is 1. The first kappa shape index (κ1) is 43.6. The molecule has 0 heterocycles. The van der Waals surface area contributed by atoms with E-state index in [2.05, 4.69) is 78.1 Å². The molecule has 4 aliphatic rings. The molecule has 4 unspecified atom stereocenters. The molecule has 0 spiro atoms. The number of halogens is 4. The van der Waals surface area contributed by atoms with E-state index in [1.165, 1.54) is 77.4 Å². The third-order valence-corrected chi connectivity index (χ3v) is 24.4. The zero-order chi connectivity index (χ0) is 36.8. The van der Waals surface area contributed by atoms with E-state index in [1.807, 2.05) is 30.3 Å². The first-order valence-corrected chi connectivity index (χ1v) is 34.6. The quantitative estimate of drug-likeness (QED) is 0.101. The SMILES string of the molecule is CC(C)[C@@H](O)CC[C@H](C)[C@H]1CCC2C3C(CC[C@@]21C)[C@@]1(C)CC[C@H](N(CCCN(CCCCN)[I-]I)[I-]I)CC1C[C@@H]3OC(=O)c1ccccc1. The molecular formula is C41H67I4N3O3-2. The Kier molecular flexibility index (Phi) is 17.3. The van der Waals surface area contributed by atoms with Crippen molar-refractivity contribution in [2.75, 3.05) is 26.2 Å². The summed E-state index contributed by atoms with van der Waals surface area (Å²) >= 11 is 5.44. The van der Waals surface area contributed by atoms with E-state index in [9.17, 15) is 9.90 Å². The number of carbonyl (C=O) groups is 1. The average molecular weight is 1160 g/mol. The van der Waals surface area contributed by atoms with Crippen molar-refractivity contribution >= 4 is 43.2 Å². The summed E-state index contributed by atoms with van der Waals surface area (Å²) in [4.78, 5) is 13.8. The van der Waals surface area contributed by atoms with Crippen molar-refractivity contribution in [1.82, 2.24) is 6.23 Å². The Morgan fingerprint density at radius 3 is 2.31 bits per heavy atom. The molecular weight excluding hydrogens is 1090 g/mol. The molecule has 5 rings (SSSR count). The van der Waals surface area contributed by atoms with Gasteiger partial charge in [0, 0.05) is 0 Å². The number of carbonyl (C=O) groups excluding carboxylic acids is 1. The number of nitrogens with two attached hydrogens (primary N) is 1. The number of benzene rings is 1. The van der Waals surface area contributed by atoms with Crippen molar-refractivity contribution in [3.05, 3.63) is 35.9 Å². The van der Waals surface area contributed by atoms with Gasteiger partial charge >= 0.3 is 318 Å². The number of unbranched alkanes of at least 4 members (excludes halogenated alkanes) is 1. The molecule has 294 valence electrons. The van der Waals surface area contributed by atoms with Gasteiger partial charge in [0.1, 0.15) is 0 Å². The molecule has 3 N–H and O–H groups in total. The van der Waals surface area contributed by atoms with Crippen LogP contribution in [-0.2, 0) is 4.74 Å². The first-order valence-electron chi connectivity index (χ1n) is 20.1. The molecule has 0 aromatic heterocycles. The maximum absolute atomic E-state index is 13.8. The number of nitrogens with zero attached hydrogens (tertiary/aromatic N) is 2. The van der Waals surface area contributed by atoms with Gasteiger partial charge in [-0.15, -0.1) is 0 Å². The fraction of sp³-hybridized carbons (Fsp3) is 0.829. The molecule has 0 radical (unpaired) electrons. The van der Waals surface area contributed by atoms with E-state index >= 15 is 0 Å². The van der Waals surface area contributed by atoms with Crippen LogP contribution in [0.1, 0.15) is 128 Å². The molecule has 4 saturated carbocycles. The van der Waals surface area contributed by atoms with Gasteiger partial charge in [0.2, 0.25) is 0 Å². The molecule has 6 nitrogen and oxygen atoms in total. The molecule has 4 aliphatic carbocycles. The molecule has 0 amide bonds. The number of hydrogen-bond donors (Lipinski definition) is 2. The van der Waals surface area contributed by atoms with Gasteiger partial charge in [-0.1, -0.05) is 13.8 Å². The summed E-state index contributed by atoms with van der Waals surface area (Å²) < 4.78 is 12.4. The van der Waals surface area contributed by atoms with Crippen molar-refractivity contribution < 1.29 is 49.6 Å². The van der Waals surface area contributed by atoms with Crippen LogP contribution >= 0.6 is 37.2 Å². The van der Waals surface area contributed by atoms with E-state index in [0.717, 1.165) is 32.2 Å². The second-order valence-electron chi connectivity index (χ2n) is 17.6. The van der Waals surface area contributed by atoms with Crippen LogP contribution in [-0.4, -0.2) is 61.7 Å². The molecule has 0 bridgehead atoms. The molecule has 11 atom stereocenters. The van der Waals surface area contributed by atoms with Crippen molar-refractivity contribution in [1.29, 1.82) is 0 Å². The van der Waals surface area contributed by atoms with Crippen LogP contribution in [0.15, 0.2) is 30.3 Å². The van der Waals surface area contributed by atoms with E-state index in [0.29, 0.717) is 58.4 Å². The number of fused-ring (bicyclic) bond motifs is 5. The van der Waals surface area contributed by atoms with Crippen LogP contribution in [0, 0.1) is 52.3 Å². The summed E-state index contributed by atoms with van der Waals surface area (Å²) in [6.45, 7) is 16.5. The van der Waals surface area contributed by atoms with E-state index in [-0.39, 0.29) is 58.6 Å². The first-order chi connectivity index (χ1) is 24.5. The van der Waals surface area contributed by atoms with Gasteiger partial charge in [-0.25, -0.2) is 0 Å². The fourth-order valence-corrected chi connectivity index (χ4v) is 19.6. The molecule has 0 aliphatic heterocycles. The van der Waals surface area contributed by atoms with E-state index < -0.39 is 0 Å². The van der Waals surface area contributed by atoms with Gasteiger partial charge in [-0.3, -0.25) is 0 Å². The maximum atomic E-state index is 13.8. The van der Waals surface area contributed by atoms with Gasteiger partial charge in [-0.2, -0.15) is 0 Å². The van der Waals surface area contributed by atoms with Crippen LogP contribution < -0.4 is 40.7 Å². The van der Waals surface area contributed by atoms with E-state index in [4.69, 9.17) is 10.5 Å². The zero-order valence-corrected chi connectivity index (χ0v) is 40.6. The summed E-state index contributed by atoms with van der Waals surface area (Å²) in [5.74, 6) is 3.76. The van der Waals surface area contributed by atoms with Crippen molar-refractivity contribution in [2.24, 2.45) is 58.0 Å². The summed E-state index contributed by atoms with van der Waals surface area (Å²) in [6.07, 6.45) is 15.5. The summed E-state index contributed by atoms with van der Waals surface area (Å²) in [5.41, 5.74) is 7.07. The van der Waals surface area contributed by atoms with Crippen molar-refractivity contribution in [3.8, 4) is 0 Å². The molecule has 0 saturated heterocycles. The minimum atomic E-state index is -0.205.